The van der Waals surface area contributed by atoms with Gasteiger partial charge >= 0.3 is 0 Å². The van der Waals surface area contributed by atoms with Gasteiger partial charge in [-0.15, -0.1) is 0 Å². The van der Waals surface area contributed by atoms with E-state index in [-0.39, 0.29) is 11.7 Å². The summed E-state index contributed by atoms with van der Waals surface area (Å²) in [6.07, 6.45) is 0. The Kier molecular flexibility index (Phi) is 5.79. The summed E-state index contributed by atoms with van der Waals surface area (Å²) >= 11 is 1.49. The lowest BCUT2D eigenvalue weighted by atomic mass is 10.0. The normalized spacial score (nSPS) is 10.8. The first kappa shape index (κ1) is 20.8. The van der Waals surface area contributed by atoms with Gasteiger partial charge in [-0.3, -0.25) is 14.5 Å². The van der Waals surface area contributed by atoms with E-state index in [0.717, 1.165) is 15.8 Å². The third kappa shape index (κ3) is 4.45. The van der Waals surface area contributed by atoms with E-state index >= 15 is 0 Å². The van der Waals surface area contributed by atoms with E-state index < -0.39 is 0 Å². The summed E-state index contributed by atoms with van der Waals surface area (Å²) in [5.41, 5.74) is 3.56. The van der Waals surface area contributed by atoms with Crippen molar-refractivity contribution in [3.05, 3.63) is 131 Å². The molecule has 4 nitrogen and oxygen atoms in total. The van der Waals surface area contributed by atoms with Crippen LogP contribution in [0.1, 0.15) is 31.8 Å². The highest BCUT2D eigenvalue weighted by Crippen LogP contribution is 2.30. The summed E-state index contributed by atoms with van der Waals surface area (Å²) < 4.78 is 1.03. The van der Waals surface area contributed by atoms with Crippen LogP contribution in [0.3, 0.4) is 0 Å². The minimum Gasteiger partial charge on any atom is -0.289 e. The lowest BCUT2D eigenvalue weighted by Gasteiger charge is -2.20. The number of fused-ring (bicyclic) bond motifs is 1. The molecule has 5 rings (SSSR count). The summed E-state index contributed by atoms with van der Waals surface area (Å²) in [5.74, 6) is -0.224. The van der Waals surface area contributed by atoms with Crippen LogP contribution in [0, 0.1) is 0 Å². The minimum absolute atomic E-state index is 0.0677. The van der Waals surface area contributed by atoms with Gasteiger partial charge in [0.05, 0.1) is 16.8 Å². The fraction of sp³-hybridized carbons (Fsp3) is 0.0357. The van der Waals surface area contributed by atoms with Crippen LogP contribution < -0.4 is 4.90 Å². The minimum atomic E-state index is -0.156. The number of nitrogens with zero attached hydrogens (tertiary/aromatic N) is 2. The Morgan fingerprint density at radius 2 is 1.24 bits per heavy atom. The maximum absolute atomic E-state index is 13.6. The van der Waals surface area contributed by atoms with Crippen molar-refractivity contribution in [3.8, 4) is 0 Å². The van der Waals surface area contributed by atoms with Gasteiger partial charge in [0.1, 0.15) is 0 Å². The topological polar surface area (TPSA) is 50.3 Å². The van der Waals surface area contributed by atoms with Gasteiger partial charge in [0, 0.05) is 16.7 Å². The van der Waals surface area contributed by atoms with Gasteiger partial charge in [0.2, 0.25) is 0 Å². The standard InChI is InChI=1S/C28H20N2O2S/c31-26(21-11-5-2-6-12-21)22-15-17-23(18-16-22)27(32)30(19-20-9-3-1-4-10-20)28-29-24-13-7-8-14-25(24)33-28/h1-18H,19H2. The van der Waals surface area contributed by atoms with Crippen LogP contribution in [-0.4, -0.2) is 16.7 Å². The van der Waals surface area contributed by atoms with Gasteiger partial charge in [-0.2, -0.15) is 0 Å². The van der Waals surface area contributed by atoms with E-state index in [2.05, 4.69) is 0 Å². The molecular formula is C28H20N2O2S. The highest BCUT2D eigenvalue weighted by molar-refractivity contribution is 7.22. The van der Waals surface area contributed by atoms with E-state index in [1.54, 1.807) is 41.3 Å². The second kappa shape index (κ2) is 9.18. The average Bonchev–Trinajstić information content (AvgIpc) is 3.32. The Morgan fingerprint density at radius 3 is 1.94 bits per heavy atom. The first-order valence-corrected chi connectivity index (χ1v) is 11.4. The highest BCUT2D eigenvalue weighted by atomic mass is 32.1. The number of para-hydroxylation sites is 1. The van der Waals surface area contributed by atoms with E-state index in [1.165, 1.54) is 11.3 Å². The average molecular weight is 449 g/mol. The second-order valence-corrected chi connectivity index (χ2v) is 8.62. The lowest BCUT2D eigenvalue weighted by Crippen LogP contribution is -2.30. The monoisotopic (exact) mass is 448 g/mol. The molecular weight excluding hydrogens is 428 g/mol. The number of carbonyl (C=O) groups excluding carboxylic acids is 2. The Hall–Kier alpha value is -4.09. The number of hydrogen-bond donors (Lipinski definition) is 0. The van der Waals surface area contributed by atoms with Crippen LogP contribution in [-0.2, 0) is 6.54 Å². The molecule has 1 amide bonds. The molecule has 0 aliphatic rings. The molecule has 1 heterocycles. The van der Waals surface area contributed by atoms with Crippen molar-refractivity contribution >= 4 is 38.4 Å². The number of amides is 1. The Morgan fingerprint density at radius 1 is 0.667 bits per heavy atom. The predicted octanol–water partition coefficient (Wildman–Crippen LogP) is 6.37. The summed E-state index contributed by atoms with van der Waals surface area (Å²) in [5, 5.41) is 0.648. The third-order valence-electron chi connectivity index (χ3n) is 5.37. The molecule has 0 fully saturated rings. The summed E-state index contributed by atoms with van der Waals surface area (Å²) in [6, 6.07) is 33.7. The molecule has 0 spiro atoms. The molecule has 0 radical (unpaired) electrons. The lowest BCUT2D eigenvalue weighted by molar-refractivity contribution is 0.0982. The molecule has 5 heteroatoms. The fourth-order valence-electron chi connectivity index (χ4n) is 3.64. The van der Waals surface area contributed by atoms with Gasteiger partial charge in [-0.1, -0.05) is 96.3 Å². The molecule has 0 saturated heterocycles. The van der Waals surface area contributed by atoms with E-state index in [1.807, 2.05) is 72.8 Å². The van der Waals surface area contributed by atoms with Gasteiger partial charge in [-0.25, -0.2) is 4.98 Å². The number of rotatable bonds is 6. The molecule has 0 bridgehead atoms. The van der Waals surface area contributed by atoms with E-state index in [0.29, 0.717) is 28.4 Å². The first-order valence-electron chi connectivity index (χ1n) is 10.6. The number of anilines is 1. The molecule has 160 valence electrons. The quantitative estimate of drug-likeness (QED) is 0.283. The van der Waals surface area contributed by atoms with Crippen molar-refractivity contribution in [2.45, 2.75) is 6.54 Å². The van der Waals surface area contributed by atoms with E-state index in [4.69, 9.17) is 4.98 Å². The van der Waals surface area contributed by atoms with Gasteiger partial charge in [-0.05, 0) is 29.8 Å². The fourth-order valence-corrected chi connectivity index (χ4v) is 4.61. The van der Waals surface area contributed by atoms with Crippen molar-refractivity contribution < 1.29 is 9.59 Å². The number of benzene rings is 4. The molecule has 4 aromatic carbocycles. The first-order chi connectivity index (χ1) is 16.2. The Balaban J connectivity index is 1.47. The summed E-state index contributed by atoms with van der Waals surface area (Å²) in [6.45, 7) is 0.407. The number of ketones is 1. The molecule has 0 unspecified atom stereocenters. The van der Waals surface area contributed by atoms with Crippen molar-refractivity contribution in [1.29, 1.82) is 0 Å². The molecule has 33 heavy (non-hydrogen) atoms. The zero-order valence-corrected chi connectivity index (χ0v) is 18.5. The zero-order valence-electron chi connectivity index (χ0n) is 17.7. The van der Waals surface area contributed by atoms with E-state index in [9.17, 15) is 9.59 Å². The molecule has 0 aliphatic heterocycles. The SMILES string of the molecule is O=C(c1ccccc1)c1ccc(C(=O)N(Cc2ccccc2)c2nc3ccccc3s2)cc1. The molecule has 0 saturated carbocycles. The maximum Gasteiger partial charge on any atom is 0.260 e. The van der Waals surface area contributed by atoms with Gasteiger partial charge < -0.3 is 0 Å². The molecule has 0 aliphatic carbocycles. The zero-order chi connectivity index (χ0) is 22.6. The van der Waals surface area contributed by atoms with Crippen molar-refractivity contribution in [1.82, 2.24) is 4.98 Å². The van der Waals surface area contributed by atoms with Crippen molar-refractivity contribution in [3.63, 3.8) is 0 Å². The van der Waals surface area contributed by atoms with Gasteiger partial charge in [0.25, 0.3) is 5.91 Å². The second-order valence-electron chi connectivity index (χ2n) is 7.61. The van der Waals surface area contributed by atoms with Crippen LogP contribution >= 0.6 is 11.3 Å². The van der Waals surface area contributed by atoms with Crippen molar-refractivity contribution in [2.24, 2.45) is 0 Å². The molecule has 5 aromatic rings. The number of aromatic nitrogens is 1. The number of carbonyl (C=O) groups is 2. The molecule has 0 N–H and O–H groups in total. The largest absolute Gasteiger partial charge is 0.289 e. The smallest absolute Gasteiger partial charge is 0.260 e. The Bertz CT molecular complexity index is 1380. The predicted molar refractivity (Wildman–Crippen MR) is 133 cm³/mol. The van der Waals surface area contributed by atoms with Gasteiger partial charge in [0.15, 0.2) is 10.9 Å². The Labute approximate surface area is 195 Å². The van der Waals surface area contributed by atoms with Crippen LogP contribution in [0.25, 0.3) is 10.2 Å². The van der Waals surface area contributed by atoms with Crippen LogP contribution in [0.2, 0.25) is 0 Å². The number of hydrogen-bond acceptors (Lipinski definition) is 4. The molecule has 0 atom stereocenters. The summed E-state index contributed by atoms with van der Waals surface area (Å²) in [4.78, 5) is 32.7. The number of thiazole rings is 1. The third-order valence-corrected chi connectivity index (χ3v) is 6.43. The van der Waals surface area contributed by atoms with Crippen molar-refractivity contribution in [2.75, 3.05) is 4.90 Å². The highest BCUT2D eigenvalue weighted by Gasteiger charge is 2.22. The molecule has 1 aromatic heterocycles. The van der Waals surface area contributed by atoms with Crippen LogP contribution in [0.4, 0.5) is 5.13 Å². The maximum atomic E-state index is 13.6. The van der Waals surface area contributed by atoms with Crippen LogP contribution in [0.15, 0.2) is 109 Å². The summed E-state index contributed by atoms with van der Waals surface area (Å²) in [7, 11) is 0. The van der Waals surface area contributed by atoms with Crippen LogP contribution in [0.5, 0.6) is 0 Å².